The molecule has 1 fully saturated rings. The van der Waals surface area contributed by atoms with Gasteiger partial charge < -0.3 is 10.6 Å². The fraction of sp³-hybridized carbons (Fsp3) is 0.533. The minimum atomic E-state index is -0.809. The van der Waals surface area contributed by atoms with Gasteiger partial charge in [0, 0.05) is 12.6 Å². The van der Waals surface area contributed by atoms with Gasteiger partial charge in [-0.3, -0.25) is 4.79 Å². The van der Waals surface area contributed by atoms with E-state index in [1.165, 1.54) is 6.07 Å². The quantitative estimate of drug-likeness (QED) is 0.922. The van der Waals surface area contributed by atoms with Gasteiger partial charge >= 0.3 is 0 Å². The van der Waals surface area contributed by atoms with Gasteiger partial charge in [-0.15, -0.1) is 0 Å². The van der Waals surface area contributed by atoms with E-state index in [-0.39, 0.29) is 12.0 Å². The third kappa shape index (κ3) is 2.68. The van der Waals surface area contributed by atoms with Crippen LogP contribution in [0.25, 0.3) is 0 Å². The maximum absolute atomic E-state index is 13.8. The van der Waals surface area contributed by atoms with Crippen LogP contribution in [0.1, 0.15) is 36.5 Å². The lowest BCUT2D eigenvalue weighted by Gasteiger charge is -2.32. The lowest BCUT2D eigenvalue weighted by atomic mass is 10.0. The summed E-state index contributed by atoms with van der Waals surface area (Å²) < 4.78 is 27.5. The van der Waals surface area contributed by atoms with Crippen LogP contribution in [0.4, 0.5) is 8.78 Å². The molecular formula is C15H20F2N2O. The van der Waals surface area contributed by atoms with Crippen LogP contribution in [0.15, 0.2) is 18.2 Å². The fourth-order valence-electron chi connectivity index (χ4n) is 3.08. The maximum Gasteiger partial charge on any atom is 0.260 e. The molecule has 1 aliphatic rings. The largest absolute Gasteiger partial charge is 0.335 e. The minimum absolute atomic E-state index is 0.0171. The Labute approximate surface area is 117 Å². The lowest BCUT2D eigenvalue weighted by molar-refractivity contribution is 0.0642. The second-order valence-corrected chi connectivity index (χ2v) is 5.18. The summed E-state index contributed by atoms with van der Waals surface area (Å²) in [6.45, 7) is 2.74. The average Bonchev–Trinajstić information content (AvgIpc) is 2.87. The Morgan fingerprint density at radius 1 is 1.35 bits per heavy atom. The SMILES string of the molecule is CCN(C(=O)c1c(F)cccc1F)C1CCCC1CN. The molecule has 0 aliphatic heterocycles. The zero-order valence-corrected chi connectivity index (χ0v) is 11.6. The molecular weight excluding hydrogens is 262 g/mol. The molecule has 0 heterocycles. The van der Waals surface area contributed by atoms with Crippen molar-refractivity contribution in [3.63, 3.8) is 0 Å². The molecule has 3 nitrogen and oxygen atoms in total. The molecule has 0 spiro atoms. The van der Waals surface area contributed by atoms with Crippen LogP contribution in [-0.2, 0) is 0 Å². The predicted octanol–water partition coefficient (Wildman–Crippen LogP) is 2.55. The standard InChI is InChI=1S/C15H20F2N2O/c1-2-19(13-8-3-5-10(13)9-18)15(20)14-11(16)6-4-7-12(14)17/h4,6-7,10,13H,2-3,5,8-9,18H2,1H3. The molecule has 0 radical (unpaired) electrons. The van der Waals surface area contributed by atoms with Gasteiger partial charge in [-0.1, -0.05) is 12.5 Å². The average molecular weight is 282 g/mol. The van der Waals surface area contributed by atoms with Crippen molar-refractivity contribution in [3.8, 4) is 0 Å². The highest BCUT2D eigenvalue weighted by atomic mass is 19.1. The second kappa shape index (κ2) is 6.31. The minimum Gasteiger partial charge on any atom is -0.335 e. The van der Waals surface area contributed by atoms with Gasteiger partial charge in [0.25, 0.3) is 5.91 Å². The molecule has 0 aromatic heterocycles. The predicted molar refractivity (Wildman–Crippen MR) is 73.3 cm³/mol. The monoisotopic (exact) mass is 282 g/mol. The number of carbonyl (C=O) groups excluding carboxylic acids is 1. The number of rotatable bonds is 4. The van der Waals surface area contributed by atoms with Crippen molar-refractivity contribution in [2.24, 2.45) is 11.7 Å². The number of nitrogens with two attached hydrogens (primary N) is 1. The van der Waals surface area contributed by atoms with E-state index < -0.39 is 23.1 Å². The van der Waals surface area contributed by atoms with Crippen molar-refractivity contribution in [1.29, 1.82) is 0 Å². The van der Waals surface area contributed by atoms with Crippen molar-refractivity contribution in [3.05, 3.63) is 35.4 Å². The molecule has 2 N–H and O–H groups in total. The third-order valence-electron chi connectivity index (χ3n) is 4.10. The highest BCUT2D eigenvalue weighted by Crippen LogP contribution is 2.30. The number of amides is 1. The van der Waals surface area contributed by atoms with Crippen molar-refractivity contribution < 1.29 is 13.6 Å². The Morgan fingerprint density at radius 3 is 2.55 bits per heavy atom. The molecule has 1 aliphatic carbocycles. The molecule has 20 heavy (non-hydrogen) atoms. The van der Waals surface area contributed by atoms with Crippen LogP contribution in [-0.4, -0.2) is 29.9 Å². The fourth-order valence-corrected chi connectivity index (χ4v) is 3.08. The zero-order valence-electron chi connectivity index (χ0n) is 11.6. The van der Waals surface area contributed by atoms with Gasteiger partial charge in [0.15, 0.2) is 0 Å². The van der Waals surface area contributed by atoms with Gasteiger partial charge in [0.2, 0.25) is 0 Å². The molecule has 1 aromatic rings. The van der Waals surface area contributed by atoms with E-state index >= 15 is 0 Å². The summed E-state index contributed by atoms with van der Waals surface area (Å²) in [6.07, 6.45) is 2.80. The Hall–Kier alpha value is -1.49. The van der Waals surface area contributed by atoms with Gasteiger partial charge in [0.05, 0.1) is 0 Å². The summed E-state index contributed by atoms with van der Waals surface area (Å²) in [5.41, 5.74) is 5.27. The van der Waals surface area contributed by atoms with E-state index in [9.17, 15) is 13.6 Å². The second-order valence-electron chi connectivity index (χ2n) is 5.18. The van der Waals surface area contributed by atoms with Crippen molar-refractivity contribution >= 4 is 5.91 Å². The Kier molecular flexibility index (Phi) is 4.70. The molecule has 2 atom stereocenters. The molecule has 0 bridgehead atoms. The number of hydrogen-bond donors (Lipinski definition) is 1. The molecule has 5 heteroatoms. The first-order valence-electron chi connectivity index (χ1n) is 7.05. The van der Waals surface area contributed by atoms with Crippen molar-refractivity contribution in [2.45, 2.75) is 32.2 Å². The van der Waals surface area contributed by atoms with Crippen molar-refractivity contribution in [2.75, 3.05) is 13.1 Å². The summed E-state index contributed by atoms with van der Waals surface area (Å²) >= 11 is 0. The molecule has 110 valence electrons. The highest BCUT2D eigenvalue weighted by Gasteiger charge is 2.35. The summed E-state index contributed by atoms with van der Waals surface area (Å²) in [4.78, 5) is 14.0. The van der Waals surface area contributed by atoms with Crippen LogP contribution >= 0.6 is 0 Å². The van der Waals surface area contributed by atoms with Gasteiger partial charge in [0.1, 0.15) is 17.2 Å². The first-order valence-corrected chi connectivity index (χ1v) is 7.05. The maximum atomic E-state index is 13.8. The number of carbonyl (C=O) groups is 1. The first kappa shape index (κ1) is 14.9. The van der Waals surface area contributed by atoms with Crippen LogP contribution in [0.2, 0.25) is 0 Å². The molecule has 0 saturated heterocycles. The Morgan fingerprint density at radius 2 is 2.00 bits per heavy atom. The van der Waals surface area contributed by atoms with Crippen LogP contribution in [0.5, 0.6) is 0 Å². The Balaban J connectivity index is 2.30. The van der Waals surface area contributed by atoms with Crippen LogP contribution in [0.3, 0.4) is 0 Å². The van der Waals surface area contributed by atoms with E-state index in [1.54, 1.807) is 4.90 Å². The van der Waals surface area contributed by atoms with Crippen LogP contribution < -0.4 is 5.73 Å². The summed E-state index contributed by atoms with van der Waals surface area (Å²) in [5, 5.41) is 0. The topological polar surface area (TPSA) is 46.3 Å². The van der Waals surface area contributed by atoms with E-state index in [0.29, 0.717) is 13.1 Å². The van der Waals surface area contributed by atoms with Crippen molar-refractivity contribution in [1.82, 2.24) is 4.90 Å². The van der Waals surface area contributed by atoms with Gasteiger partial charge in [-0.25, -0.2) is 8.78 Å². The molecule has 2 rings (SSSR count). The molecule has 1 saturated carbocycles. The summed E-state index contributed by atoms with van der Waals surface area (Å²) in [7, 11) is 0. The number of halogens is 2. The van der Waals surface area contributed by atoms with Crippen LogP contribution in [0, 0.1) is 17.6 Å². The van der Waals surface area contributed by atoms with E-state index in [4.69, 9.17) is 5.73 Å². The third-order valence-corrected chi connectivity index (χ3v) is 4.10. The summed E-state index contributed by atoms with van der Waals surface area (Å²) in [5.74, 6) is -1.98. The van der Waals surface area contributed by atoms with Gasteiger partial charge in [-0.05, 0) is 44.4 Å². The molecule has 1 amide bonds. The van der Waals surface area contributed by atoms with Gasteiger partial charge in [-0.2, -0.15) is 0 Å². The van der Waals surface area contributed by atoms with E-state index in [1.807, 2.05) is 6.92 Å². The number of benzene rings is 1. The van der Waals surface area contributed by atoms with E-state index in [2.05, 4.69) is 0 Å². The molecule has 1 aromatic carbocycles. The summed E-state index contributed by atoms with van der Waals surface area (Å²) in [6, 6.07) is 3.46. The Bertz CT molecular complexity index is 473. The highest BCUT2D eigenvalue weighted by molar-refractivity contribution is 5.95. The number of nitrogens with zero attached hydrogens (tertiary/aromatic N) is 1. The first-order chi connectivity index (χ1) is 9.60. The zero-order chi connectivity index (χ0) is 14.7. The normalized spacial score (nSPS) is 22.0. The molecule has 2 unspecified atom stereocenters. The lowest BCUT2D eigenvalue weighted by Crippen LogP contribution is -2.44. The number of hydrogen-bond acceptors (Lipinski definition) is 2. The smallest absolute Gasteiger partial charge is 0.260 e. The van der Waals surface area contributed by atoms with E-state index in [0.717, 1.165) is 31.4 Å².